The van der Waals surface area contributed by atoms with E-state index in [1.54, 1.807) is 0 Å². The second-order valence-electron chi connectivity index (χ2n) is 5.13. The highest BCUT2D eigenvalue weighted by molar-refractivity contribution is 5.76. The molecule has 0 saturated carbocycles. The van der Waals surface area contributed by atoms with Crippen LogP contribution in [-0.2, 0) is 4.79 Å². The molecule has 2 N–H and O–H groups in total. The number of likely N-dealkylation sites (N-methyl/N-ethyl adjacent to an activating group) is 1. The molecule has 106 valence electrons. The number of nitrogens with one attached hydrogen (secondary N) is 2. The van der Waals surface area contributed by atoms with E-state index < -0.39 is 0 Å². The van der Waals surface area contributed by atoms with Crippen LogP contribution in [-0.4, -0.2) is 44.5 Å². The largest absolute Gasteiger partial charge is 0.385 e. The zero-order valence-corrected chi connectivity index (χ0v) is 12.4. The van der Waals surface area contributed by atoms with Crippen LogP contribution in [0.2, 0.25) is 0 Å². The standard InChI is InChI=1S/C15H25N3O/c1-12-5-6-14(11-13(12)2)16-8-7-15(19)17-9-10-18(3)4/h5-6,11,16H,7-10H2,1-4H3,(H,17,19). The van der Waals surface area contributed by atoms with Crippen LogP contribution in [0.1, 0.15) is 17.5 Å². The second-order valence-corrected chi connectivity index (χ2v) is 5.13. The van der Waals surface area contributed by atoms with Crippen molar-refractivity contribution < 1.29 is 4.79 Å². The van der Waals surface area contributed by atoms with E-state index in [-0.39, 0.29) is 5.91 Å². The van der Waals surface area contributed by atoms with Gasteiger partial charge in [-0.3, -0.25) is 4.79 Å². The second kappa shape index (κ2) is 7.79. The Morgan fingerprint density at radius 3 is 2.53 bits per heavy atom. The molecule has 1 aromatic carbocycles. The van der Waals surface area contributed by atoms with Gasteiger partial charge in [-0.15, -0.1) is 0 Å². The number of hydrogen-bond acceptors (Lipinski definition) is 3. The normalized spacial score (nSPS) is 10.6. The van der Waals surface area contributed by atoms with Crippen LogP contribution in [0.5, 0.6) is 0 Å². The van der Waals surface area contributed by atoms with E-state index in [1.165, 1.54) is 11.1 Å². The van der Waals surface area contributed by atoms with E-state index in [2.05, 4.69) is 36.6 Å². The van der Waals surface area contributed by atoms with Gasteiger partial charge >= 0.3 is 0 Å². The molecule has 0 aliphatic carbocycles. The summed E-state index contributed by atoms with van der Waals surface area (Å²) >= 11 is 0. The molecule has 0 unspecified atom stereocenters. The lowest BCUT2D eigenvalue weighted by molar-refractivity contribution is -0.120. The Kier molecular flexibility index (Phi) is 6.36. The molecule has 0 heterocycles. The minimum atomic E-state index is 0.0955. The molecule has 0 atom stereocenters. The van der Waals surface area contributed by atoms with E-state index >= 15 is 0 Å². The van der Waals surface area contributed by atoms with E-state index in [0.29, 0.717) is 19.5 Å². The van der Waals surface area contributed by atoms with E-state index in [4.69, 9.17) is 0 Å². The van der Waals surface area contributed by atoms with Gasteiger partial charge in [0.2, 0.25) is 5.91 Å². The Balaban J connectivity index is 2.22. The molecule has 19 heavy (non-hydrogen) atoms. The summed E-state index contributed by atoms with van der Waals surface area (Å²) in [5.41, 5.74) is 3.62. The fourth-order valence-corrected chi connectivity index (χ4v) is 1.68. The molecule has 1 rings (SSSR count). The number of carbonyl (C=O) groups is 1. The molecule has 1 amide bonds. The molecule has 0 spiro atoms. The van der Waals surface area contributed by atoms with Crippen molar-refractivity contribution in [2.75, 3.05) is 39.0 Å². The first kappa shape index (κ1) is 15.5. The summed E-state index contributed by atoms with van der Waals surface area (Å²) in [5, 5.41) is 6.17. The number of amides is 1. The third-order valence-corrected chi connectivity index (χ3v) is 3.07. The first-order valence-electron chi connectivity index (χ1n) is 6.71. The van der Waals surface area contributed by atoms with Crippen LogP contribution in [0.4, 0.5) is 5.69 Å². The topological polar surface area (TPSA) is 44.4 Å². The van der Waals surface area contributed by atoms with Crippen molar-refractivity contribution in [3.05, 3.63) is 29.3 Å². The first-order chi connectivity index (χ1) is 8.99. The monoisotopic (exact) mass is 263 g/mol. The Morgan fingerprint density at radius 2 is 1.89 bits per heavy atom. The molecule has 0 aliphatic heterocycles. The first-order valence-corrected chi connectivity index (χ1v) is 6.71. The highest BCUT2D eigenvalue weighted by Gasteiger charge is 2.01. The molecule has 0 fully saturated rings. The fraction of sp³-hybridized carbons (Fsp3) is 0.533. The summed E-state index contributed by atoms with van der Waals surface area (Å²) in [7, 11) is 3.99. The number of nitrogens with zero attached hydrogens (tertiary/aromatic N) is 1. The van der Waals surface area contributed by atoms with Gasteiger partial charge in [-0.2, -0.15) is 0 Å². The number of rotatable bonds is 7. The SMILES string of the molecule is Cc1ccc(NCCC(=O)NCCN(C)C)cc1C. The predicted molar refractivity (Wildman–Crippen MR) is 80.6 cm³/mol. The van der Waals surface area contributed by atoms with Gasteiger partial charge in [0.05, 0.1) is 0 Å². The van der Waals surface area contributed by atoms with Crippen molar-refractivity contribution in [1.29, 1.82) is 0 Å². The number of benzene rings is 1. The lowest BCUT2D eigenvalue weighted by Gasteiger charge is -2.11. The molecule has 0 radical (unpaired) electrons. The van der Waals surface area contributed by atoms with E-state index in [0.717, 1.165) is 12.2 Å². The maximum atomic E-state index is 11.6. The van der Waals surface area contributed by atoms with Crippen LogP contribution in [0, 0.1) is 13.8 Å². The molecule has 4 heteroatoms. The van der Waals surface area contributed by atoms with Gasteiger partial charge in [0.25, 0.3) is 0 Å². The molecular weight excluding hydrogens is 238 g/mol. The van der Waals surface area contributed by atoms with Crippen molar-refractivity contribution in [1.82, 2.24) is 10.2 Å². The lowest BCUT2D eigenvalue weighted by Crippen LogP contribution is -2.32. The molecule has 0 saturated heterocycles. The number of carbonyl (C=O) groups excluding carboxylic acids is 1. The van der Waals surface area contributed by atoms with Crippen molar-refractivity contribution in [3.63, 3.8) is 0 Å². The van der Waals surface area contributed by atoms with Gasteiger partial charge in [0.15, 0.2) is 0 Å². The molecular formula is C15H25N3O. The Hall–Kier alpha value is -1.55. The van der Waals surface area contributed by atoms with Crippen LogP contribution >= 0.6 is 0 Å². The summed E-state index contributed by atoms with van der Waals surface area (Å²) in [6.07, 6.45) is 0.500. The molecule has 1 aromatic rings. The minimum Gasteiger partial charge on any atom is -0.385 e. The van der Waals surface area contributed by atoms with Gasteiger partial charge < -0.3 is 15.5 Å². The predicted octanol–water partition coefficient (Wildman–Crippen LogP) is 1.78. The Bertz CT molecular complexity index is 416. The third-order valence-electron chi connectivity index (χ3n) is 3.07. The van der Waals surface area contributed by atoms with Crippen LogP contribution in [0.15, 0.2) is 18.2 Å². The van der Waals surface area contributed by atoms with Crippen molar-refractivity contribution in [2.24, 2.45) is 0 Å². The molecule has 0 aliphatic rings. The molecule has 0 aromatic heterocycles. The van der Waals surface area contributed by atoms with Crippen LogP contribution in [0.3, 0.4) is 0 Å². The van der Waals surface area contributed by atoms with Gasteiger partial charge in [0.1, 0.15) is 0 Å². The third kappa shape index (κ3) is 6.25. The average molecular weight is 263 g/mol. The van der Waals surface area contributed by atoms with Gasteiger partial charge in [-0.05, 0) is 51.2 Å². The maximum absolute atomic E-state index is 11.6. The number of aryl methyl sites for hydroxylation is 2. The molecule has 0 bridgehead atoms. The van der Waals surface area contributed by atoms with Crippen molar-refractivity contribution >= 4 is 11.6 Å². The van der Waals surface area contributed by atoms with E-state index in [9.17, 15) is 4.79 Å². The van der Waals surface area contributed by atoms with E-state index in [1.807, 2.05) is 25.1 Å². The highest BCUT2D eigenvalue weighted by Crippen LogP contribution is 2.13. The summed E-state index contributed by atoms with van der Waals surface area (Å²) in [4.78, 5) is 13.6. The number of hydrogen-bond donors (Lipinski definition) is 2. The summed E-state index contributed by atoms with van der Waals surface area (Å²) in [6.45, 7) is 6.42. The quantitative estimate of drug-likeness (QED) is 0.788. The average Bonchev–Trinajstić information content (AvgIpc) is 2.33. The maximum Gasteiger partial charge on any atom is 0.221 e. The highest BCUT2D eigenvalue weighted by atomic mass is 16.1. The zero-order valence-electron chi connectivity index (χ0n) is 12.4. The minimum absolute atomic E-state index is 0.0955. The Labute approximate surface area is 116 Å². The summed E-state index contributed by atoms with van der Waals surface area (Å²) < 4.78 is 0. The van der Waals surface area contributed by atoms with Crippen molar-refractivity contribution in [2.45, 2.75) is 20.3 Å². The molecule has 4 nitrogen and oxygen atoms in total. The number of anilines is 1. The van der Waals surface area contributed by atoms with Gasteiger partial charge in [-0.25, -0.2) is 0 Å². The lowest BCUT2D eigenvalue weighted by atomic mass is 10.1. The summed E-state index contributed by atoms with van der Waals surface area (Å²) in [6, 6.07) is 6.25. The smallest absolute Gasteiger partial charge is 0.221 e. The zero-order chi connectivity index (χ0) is 14.3. The van der Waals surface area contributed by atoms with Crippen LogP contribution < -0.4 is 10.6 Å². The van der Waals surface area contributed by atoms with Crippen LogP contribution in [0.25, 0.3) is 0 Å². The summed E-state index contributed by atoms with van der Waals surface area (Å²) in [5.74, 6) is 0.0955. The fourth-order valence-electron chi connectivity index (χ4n) is 1.68. The van der Waals surface area contributed by atoms with Gasteiger partial charge in [0, 0.05) is 31.7 Å². The van der Waals surface area contributed by atoms with Crippen molar-refractivity contribution in [3.8, 4) is 0 Å². The Morgan fingerprint density at radius 1 is 1.16 bits per heavy atom. The van der Waals surface area contributed by atoms with Gasteiger partial charge in [-0.1, -0.05) is 6.07 Å².